The number of anilines is 1. The zero-order valence-corrected chi connectivity index (χ0v) is 22.5. The van der Waals surface area contributed by atoms with Crippen molar-refractivity contribution in [3.63, 3.8) is 0 Å². The number of rotatable bonds is 7. The van der Waals surface area contributed by atoms with Crippen LogP contribution < -0.4 is 5.32 Å². The van der Waals surface area contributed by atoms with Crippen molar-refractivity contribution in [1.29, 1.82) is 0 Å². The van der Waals surface area contributed by atoms with Gasteiger partial charge in [-0.1, -0.05) is 60.1 Å². The average Bonchev–Trinajstić information content (AvgIpc) is 3.43. The minimum absolute atomic E-state index is 0.231. The third-order valence-electron chi connectivity index (χ3n) is 7.01. The lowest BCUT2D eigenvalue weighted by Crippen LogP contribution is -2.22. The van der Waals surface area contributed by atoms with Crippen LogP contribution in [0.1, 0.15) is 45.7 Å². The molecule has 1 aliphatic rings. The second-order valence-corrected chi connectivity index (χ2v) is 11.9. The number of carbonyl (C=O) groups is 1. The number of aromatic nitrogens is 1. The molecule has 196 valence electrons. The molecule has 0 bridgehead atoms. The van der Waals surface area contributed by atoms with Crippen molar-refractivity contribution < 1.29 is 22.8 Å². The Morgan fingerprint density at radius 3 is 2.58 bits per heavy atom. The molecule has 2 N–H and O–H groups in total. The number of hydrogen-bond donors (Lipinski definition) is 2. The molecular weight excluding hydrogens is 524 g/mol. The van der Waals surface area contributed by atoms with Gasteiger partial charge in [0.2, 0.25) is 0 Å². The van der Waals surface area contributed by atoms with Gasteiger partial charge in [-0.25, -0.2) is 8.42 Å². The standard InChI is InChI=1S/C29H27ClN2O5S/c1-3-18-8-12-21(13-9-18)38(35,36)16-24-23-15-20(11-10-19(23)14-26(24)33)31-29(34)27-17(2)37-32-28(27)22-6-4-5-7-25(22)30/h4-13,15,24,26,33H,3,14,16H2,1-2H3,(H,31,34). The van der Waals surface area contributed by atoms with E-state index in [4.69, 9.17) is 16.1 Å². The van der Waals surface area contributed by atoms with Gasteiger partial charge in [0.05, 0.1) is 21.8 Å². The van der Waals surface area contributed by atoms with Crippen LogP contribution in [0.5, 0.6) is 0 Å². The molecule has 0 saturated carbocycles. The number of amides is 1. The molecule has 2 atom stereocenters. The lowest BCUT2D eigenvalue weighted by atomic mass is 10.0. The first-order valence-electron chi connectivity index (χ1n) is 12.3. The molecule has 1 amide bonds. The van der Waals surface area contributed by atoms with Gasteiger partial charge in [-0.05, 0) is 66.8 Å². The summed E-state index contributed by atoms with van der Waals surface area (Å²) in [6, 6.07) is 19.2. The second kappa shape index (κ2) is 10.4. The predicted octanol–water partition coefficient (Wildman–Crippen LogP) is 5.59. The summed E-state index contributed by atoms with van der Waals surface area (Å²) in [4.78, 5) is 13.5. The first kappa shape index (κ1) is 26.2. The van der Waals surface area contributed by atoms with Crippen molar-refractivity contribution in [3.8, 4) is 11.3 Å². The van der Waals surface area contributed by atoms with Crippen molar-refractivity contribution in [2.75, 3.05) is 11.1 Å². The summed E-state index contributed by atoms with van der Waals surface area (Å²) in [5.74, 6) is -0.941. The molecular formula is C29H27ClN2O5S. The number of sulfone groups is 1. The second-order valence-electron chi connectivity index (χ2n) is 9.47. The highest BCUT2D eigenvalue weighted by Gasteiger charge is 2.35. The summed E-state index contributed by atoms with van der Waals surface area (Å²) in [5, 5.41) is 18.1. The van der Waals surface area contributed by atoms with Crippen LogP contribution in [0, 0.1) is 6.92 Å². The maximum Gasteiger partial charge on any atom is 0.261 e. The van der Waals surface area contributed by atoms with Crippen LogP contribution in [-0.4, -0.2) is 36.4 Å². The van der Waals surface area contributed by atoms with E-state index in [0.29, 0.717) is 39.7 Å². The van der Waals surface area contributed by atoms with Gasteiger partial charge in [0.1, 0.15) is 17.0 Å². The van der Waals surface area contributed by atoms with Gasteiger partial charge in [-0.3, -0.25) is 4.79 Å². The van der Waals surface area contributed by atoms with Gasteiger partial charge in [0.15, 0.2) is 9.84 Å². The Balaban J connectivity index is 1.41. The van der Waals surface area contributed by atoms with Crippen LogP contribution in [0.4, 0.5) is 5.69 Å². The summed E-state index contributed by atoms with van der Waals surface area (Å²) >= 11 is 6.32. The van der Waals surface area contributed by atoms with Crippen LogP contribution in [0.15, 0.2) is 76.1 Å². The van der Waals surface area contributed by atoms with E-state index in [2.05, 4.69) is 10.5 Å². The van der Waals surface area contributed by atoms with E-state index in [1.165, 1.54) is 0 Å². The number of hydrogen-bond acceptors (Lipinski definition) is 6. The number of fused-ring (bicyclic) bond motifs is 1. The summed E-state index contributed by atoms with van der Waals surface area (Å²) in [6.45, 7) is 3.66. The molecule has 0 aliphatic heterocycles. The molecule has 2 unspecified atom stereocenters. The summed E-state index contributed by atoms with van der Waals surface area (Å²) in [5.41, 5.74) is 4.26. The quantitative estimate of drug-likeness (QED) is 0.310. The highest BCUT2D eigenvalue weighted by Crippen LogP contribution is 2.38. The lowest BCUT2D eigenvalue weighted by molar-refractivity contribution is 0.102. The van der Waals surface area contributed by atoms with E-state index in [-0.39, 0.29) is 16.2 Å². The molecule has 9 heteroatoms. The van der Waals surface area contributed by atoms with Gasteiger partial charge in [-0.15, -0.1) is 0 Å². The monoisotopic (exact) mass is 550 g/mol. The first-order chi connectivity index (χ1) is 18.2. The molecule has 1 aromatic heterocycles. The molecule has 3 aromatic carbocycles. The van der Waals surface area contributed by atoms with Crippen LogP contribution in [0.2, 0.25) is 5.02 Å². The normalized spacial score (nSPS) is 16.8. The van der Waals surface area contributed by atoms with Crippen molar-refractivity contribution in [1.82, 2.24) is 5.16 Å². The number of nitrogens with one attached hydrogen (secondary N) is 1. The van der Waals surface area contributed by atoms with Crippen LogP contribution >= 0.6 is 11.6 Å². The average molecular weight is 551 g/mol. The molecule has 1 heterocycles. The maximum absolute atomic E-state index is 13.3. The van der Waals surface area contributed by atoms with Crippen molar-refractivity contribution in [2.45, 2.75) is 43.6 Å². The van der Waals surface area contributed by atoms with Gasteiger partial charge in [-0.2, -0.15) is 0 Å². The predicted molar refractivity (Wildman–Crippen MR) is 146 cm³/mol. The fraction of sp³-hybridized carbons (Fsp3) is 0.241. The number of aliphatic hydroxyl groups excluding tert-OH is 1. The number of benzene rings is 3. The molecule has 1 aliphatic carbocycles. The van der Waals surface area contributed by atoms with E-state index in [0.717, 1.165) is 17.5 Å². The molecule has 0 fully saturated rings. The Kier molecular flexibility index (Phi) is 7.13. The summed E-state index contributed by atoms with van der Waals surface area (Å²) in [7, 11) is -3.64. The molecule has 38 heavy (non-hydrogen) atoms. The SMILES string of the molecule is CCc1ccc(S(=O)(=O)CC2c3cc(NC(=O)c4c(-c5ccccc5Cl)noc4C)ccc3CC2O)cc1. The molecule has 7 nitrogen and oxygen atoms in total. The van der Waals surface area contributed by atoms with Crippen molar-refractivity contribution >= 4 is 33.0 Å². The Morgan fingerprint density at radius 1 is 1.13 bits per heavy atom. The molecule has 5 rings (SSSR count). The number of aliphatic hydroxyl groups is 1. The maximum atomic E-state index is 13.3. The third kappa shape index (κ3) is 4.99. The number of carbonyl (C=O) groups excluding carboxylic acids is 1. The minimum Gasteiger partial charge on any atom is -0.392 e. The molecule has 0 spiro atoms. The van der Waals surface area contributed by atoms with Crippen LogP contribution in [-0.2, 0) is 22.7 Å². The van der Waals surface area contributed by atoms with Crippen molar-refractivity contribution in [2.24, 2.45) is 0 Å². The minimum atomic E-state index is -3.64. The van der Waals surface area contributed by atoms with Crippen LogP contribution in [0.25, 0.3) is 11.3 Å². The van der Waals surface area contributed by atoms with Gasteiger partial charge in [0, 0.05) is 17.2 Å². The Hall–Kier alpha value is -3.46. The first-order valence-corrected chi connectivity index (χ1v) is 14.4. The number of nitrogens with zero attached hydrogens (tertiary/aromatic N) is 1. The zero-order chi connectivity index (χ0) is 27.0. The summed E-state index contributed by atoms with van der Waals surface area (Å²) in [6.07, 6.45) is 0.324. The van der Waals surface area contributed by atoms with Crippen LogP contribution in [0.3, 0.4) is 0 Å². The zero-order valence-electron chi connectivity index (χ0n) is 20.9. The largest absolute Gasteiger partial charge is 0.392 e. The number of aryl methyl sites for hydroxylation is 2. The molecule has 4 aromatic rings. The van der Waals surface area contributed by atoms with E-state index in [9.17, 15) is 18.3 Å². The van der Waals surface area contributed by atoms with E-state index in [1.54, 1.807) is 55.5 Å². The highest BCUT2D eigenvalue weighted by atomic mass is 35.5. The van der Waals surface area contributed by atoms with Gasteiger partial charge < -0.3 is 14.9 Å². The number of halogens is 1. The fourth-order valence-corrected chi connectivity index (χ4v) is 6.76. The Morgan fingerprint density at radius 2 is 1.87 bits per heavy atom. The van der Waals surface area contributed by atoms with E-state index in [1.807, 2.05) is 25.1 Å². The topological polar surface area (TPSA) is 110 Å². The fourth-order valence-electron chi connectivity index (χ4n) is 4.91. The lowest BCUT2D eigenvalue weighted by Gasteiger charge is -2.17. The van der Waals surface area contributed by atoms with Crippen molar-refractivity contribution in [3.05, 3.63) is 99.8 Å². The third-order valence-corrected chi connectivity index (χ3v) is 9.12. The Labute approximate surface area is 226 Å². The smallest absolute Gasteiger partial charge is 0.261 e. The van der Waals surface area contributed by atoms with Gasteiger partial charge in [0.25, 0.3) is 5.91 Å². The van der Waals surface area contributed by atoms with E-state index >= 15 is 0 Å². The molecule has 0 radical (unpaired) electrons. The molecule has 0 saturated heterocycles. The Bertz CT molecular complexity index is 1610. The van der Waals surface area contributed by atoms with Gasteiger partial charge >= 0.3 is 0 Å². The van der Waals surface area contributed by atoms with E-state index < -0.39 is 27.8 Å². The highest BCUT2D eigenvalue weighted by molar-refractivity contribution is 7.91. The summed E-state index contributed by atoms with van der Waals surface area (Å²) < 4.78 is 31.7.